The van der Waals surface area contributed by atoms with E-state index in [1.165, 1.54) is 16.8 Å². The van der Waals surface area contributed by atoms with Gasteiger partial charge in [0.05, 0.1) is 16.2 Å². The van der Waals surface area contributed by atoms with Crippen molar-refractivity contribution >= 4 is 17.6 Å². The van der Waals surface area contributed by atoms with Crippen molar-refractivity contribution in [3.8, 4) is 11.9 Å². The molecule has 0 amide bonds. The molecule has 8 heteroatoms. The summed E-state index contributed by atoms with van der Waals surface area (Å²) in [6.45, 7) is 5.58. The molecule has 1 N–H and O–H groups in total. The highest BCUT2D eigenvalue weighted by Gasteiger charge is 2.18. The topological polar surface area (TPSA) is 122 Å². The average molecular weight is 396 g/mol. The summed E-state index contributed by atoms with van der Waals surface area (Å²) in [5, 5.41) is 31.2. The highest BCUT2D eigenvalue weighted by molar-refractivity contribution is 5.87. The predicted octanol–water partition coefficient (Wildman–Crippen LogP) is 4.28. The summed E-state index contributed by atoms with van der Waals surface area (Å²) < 4.78 is 1.19. The van der Waals surface area contributed by atoms with Crippen LogP contribution >= 0.6 is 0 Å². The number of aromatic hydroxyl groups is 1. The molecule has 0 spiro atoms. The fourth-order valence-electron chi connectivity index (χ4n) is 3.04. The summed E-state index contributed by atoms with van der Waals surface area (Å²) >= 11 is 0. The van der Waals surface area contributed by atoms with Crippen LogP contribution in [0.3, 0.4) is 0 Å². The third kappa shape index (κ3) is 4.88. The molecule has 0 aliphatic heterocycles. The Morgan fingerprint density at radius 2 is 2.03 bits per heavy atom. The van der Waals surface area contributed by atoms with Crippen molar-refractivity contribution in [1.29, 1.82) is 5.26 Å². The molecule has 29 heavy (non-hydrogen) atoms. The molecule has 8 nitrogen and oxygen atoms in total. The van der Waals surface area contributed by atoms with Crippen LogP contribution in [-0.2, 0) is 6.54 Å². The van der Waals surface area contributed by atoms with E-state index in [1.54, 1.807) is 26.0 Å². The minimum absolute atomic E-state index is 0.0466. The predicted molar refractivity (Wildman–Crippen MR) is 111 cm³/mol. The Hall–Kier alpha value is -3.47. The summed E-state index contributed by atoms with van der Waals surface area (Å²) in [7, 11) is 0. The van der Waals surface area contributed by atoms with Gasteiger partial charge in [0.1, 0.15) is 11.6 Å². The van der Waals surface area contributed by atoms with Gasteiger partial charge in [-0.05, 0) is 31.9 Å². The van der Waals surface area contributed by atoms with E-state index in [4.69, 9.17) is 0 Å². The first-order chi connectivity index (χ1) is 13.8. The van der Waals surface area contributed by atoms with Gasteiger partial charge in [0.15, 0.2) is 0 Å². The number of hydrogen-bond acceptors (Lipinski definition) is 6. The number of aliphatic imine (C=N–C) groups is 1. The van der Waals surface area contributed by atoms with Gasteiger partial charge in [0.2, 0.25) is 5.88 Å². The second-order valence-corrected chi connectivity index (χ2v) is 6.85. The molecule has 1 aromatic carbocycles. The number of unbranched alkanes of at least 4 members (excludes halogenated alkanes) is 3. The number of pyridine rings is 1. The van der Waals surface area contributed by atoms with Crippen LogP contribution in [0.25, 0.3) is 0 Å². The quantitative estimate of drug-likeness (QED) is 0.309. The molecular weight excluding hydrogens is 372 g/mol. The van der Waals surface area contributed by atoms with E-state index in [-0.39, 0.29) is 22.7 Å². The second kappa shape index (κ2) is 9.64. The third-order valence-electron chi connectivity index (χ3n) is 4.81. The van der Waals surface area contributed by atoms with Gasteiger partial charge in [-0.1, -0.05) is 32.3 Å². The summed E-state index contributed by atoms with van der Waals surface area (Å²) in [4.78, 5) is 27.4. The van der Waals surface area contributed by atoms with E-state index in [0.29, 0.717) is 29.8 Å². The van der Waals surface area contributed by atoms with Crippen molar-refractivity contribution in [2.75, 3.05) is 0 Å². The molecule has 152 valence electrons. The van der Waals surface area contributed by atoms with E-state index in [1.807, 2.05) is 6.07 Å². The van der Waals surface area contributed by atoms with Crippen molar-refractivity contribution in [2.24, 2.45) is 4.99 Å². The molecule has 0 aliphatic carbocycles. The van der Waals surface area contributed by atoms with Gasteiger partial charge in [0.25, 0.3) is 11.2 Å². The average Bonchev–Trinajstić information content (AvgIpc) is 2.68. The number of aryl methyl sites for hydroxylation is 1. The van der Waals surface area contributed by atoms with E-state index < -0.39 is 10.5 Å². The number of nitrogens with zero attached hydrogens (tertiary/aromatic N) is 4. The van der Waals surface area contributed by atoms with Gasteiger partial charge in [-0.2, -0.15) is 5.26 Å². The minimum atomic E-state index is -0.526. The molecule has 0 atom stereocenters. The van der Waals surface area contributed by atoms with Crippen LogP contribution in [-0.4, -0.2) is 20.8 Å². The van der Waals surface area contributed by atoms with E-state index in [9.17, 15) is 25.3 Å². The zero-order valence-electron chi connectivity index (χ0n) is 16.8. The van der Waals surface area contributed by atoms with E-state index in [0.717, 1.165) is 19.3 Å². The standard InChI is InChI=1S/C21H24N4O4/c1-4-5-6-7-10-24-20(26)17(12-22)15(3)18(21(24)27)13-23-16-9-8-14(2)19(11-16)25(28)29/h8-9,11,13,27H,4-7,10H2,1-3H3. The molecule has 0 aliphatic rings. The molecule has 0 saturated carbocycles. The molecule has 0 fully saturated rings. The smallest absolute Gasteiger partial charge is 0.274 e. The zero-order valence-corrected chi connectivity index (χ0v) is 16.8. The lowest BCUT2D eigenvalue weighted by molar-refractivity contribution is -0.385. The highest BCUT2D eigenvalue weighted by Crippen LogP contribution is 2.26. The monoisotopic (exact) mass is 396 g/mol. The Kier molecular flexibility index (Phi) is 7.26. The third-order valence-corrected chi connectivity index (χ3v) is 4.81. The van der Waals surface area contributed by atoms with Crippen molar-refractivity contribution in [1.82, 2.24) is 4.57 Å². The Bertz CT molecular complexity index is 1050. The van der Waals surface area contributed by atoms with E-state index >= 15 is 0 Å². The molecule has 2 rings (SSSR count). The molecule has 0 unspecified atom stereocenters. The van der Waals surface area contributed by atoms with Gasteiger partial charge >= 0.3 is 0 Å². The van der Waals surface area contributed by atoms with Crippen molar-refractivity contribution < 1.29 is 10.0 Å². The normalized spacial score (nSPS) is 11.0. The largest absolute Gasteiger partial charge is 0.494 e. The van der Waals surface area contributed by atoms with Crippen LogP contribution < -0.4 is 5.56 Å². The minimum Gasteiger partial charge on any atom is -0.494 e. The van der Waals surface area contributed by atoms with Crippen LogP contribution in [0, 0.1) is 35.3 Å². The molecule has 2 aromatic rings. The lowest BCUT2D eigenvalue weighted by Gasteiger charge is -2.14. The molecule has 0 bridgehead atoms. The van der Waals surface area contributed by atoms with Crippen LogP contribution in [0.5, 0.6) is 5.88 Å². The maximum atomic E-state index is 12.5. The number of benzene rings is 1. The number of aromatic nitrogens is 1. The van der Waals surface area contributed by atoms with Gasteiger partial charge in [0, 0.05) is 24.4 Å². The number of nitro benzene ring substituents is 1. The molecular formula is C21H24N4O4. The number of hydrogen-bond donors (Lipinski definition) is 1. The summed E-state index contributed by atoms with van der Waals surface area (Å²) in [6, 6.07) is 6.46. The maximum Gasteiger partial charge on any atom is 0.274 e. The van der Waals surface area contributed by atoms with E-state index in [2.05, 4.69) is 11.9 Å². The lowest BCUT2D eigenvalue weighted by atomic mass is 10.1. The Morgan fingerprint density at radius 3 is 2.66 bits per heavy atom. The van der Waals surface area contributed by atoms with Crippen molar-refractivity contribution in [3.63, 3.8) is 0 Å². The van der Waals surface area contributed by atoms with Gasteiger partial charge in [-0.3, -0.25) is 24.5 Å². The Morgan fingerprint density at radius 1 is 1.31 bits per heavy atom. The van der Waals surface area contributed by atoms with Crippen LogP contribution in [0.15, 0.2) is 28.0 Å². The van der Waals surface area contributed by atoms with Gasteiger partial charge in [-0.25, -0.2) is 0 Å². The number of rotatable bonds is 8. The van der Waals surface area contributed by atoms with Crippen LogP contribution in [0.2, 0.25) is 0 Å². The maximum absolute atomic E-state index is 12.5. The Labute approximate surface area is 168 Å². The molecule has 0 radical (unpaired) electrons. The first kappa shape index (κ1) is 21.8. The van der Waals surface area contributed by atoms with Crippen molar-refractivity contribution in [3.05, 3.63) is 60.9 Å². The molecule has 1 aromatic heterocycles. The van der Waals surface area contributed by atoms with Gasteiger partial charge < -0.3 is 5.11 Å². The fourth-order valence-corrected chi connectivity index (χ4v) is 3.04. The summed E-state index contributed by atoms with van der Waals surface area (Å²) in [6.07, 6.45) is 5.01. The van der Waals surface area contributed by atoms with Crippen LogP contribution in [0.4, 0.5) is 11.4 Å². The number of nitriles is 1. The molecule has 1 heterocycles. The highest BCUT2D eigenvalue weighted by atomic mass is 16.6. The number of nitro groups is 1. The Balaban J connectivity index is 2.48. The van der Waals surface area contributed by atoms with Crippen LogP contribution in [0.1, 0.15) is 54.9 Å². The van der Waals surface area contributed by atoms with Crippen molar-refractivity contribution in [2.45, 2.75) is 53.0 Å². The first-order valence-electron chi connectivity index (χ1n) is 9.47. The molecule has 0 saturated heterocycles. The summed E-state index contributed by atoms with van der Waals surface area (Å²) in [5.41, 5.74) is 0.793. The van der Waals surface area contributed by atoms with Gasteiger partial charge in [-0.15, -0.1) is 0 Å². The fraction of sp³-hybridized carbons (Fsp3) is 0.381. The SMILES string of the molecule is CCCCCCn1c(O)c(C=Nc2ccc(C)c([N+](=O)[O-])c2)c(C)c(C#N)c1=O. The zero-order chi connectivity index (χ0) is 21.6. The second-order valence-electron chi connectivity index (χ2n) is 6.85. The summed E-state index contributed by atoms with van der Waals surface area (Å²) in [5.74, 6) is -0.256. The lowest BCUT2D eigenvalue weighted by Crippen LogP contribution is -2.25. The first-order valence-corrected chi connectivity index (χ1v) is 9.47.